The number of nitrogens with zero attached hydrogens (tertiary/aromatic N) is 5. The third kappa shape index (κ3) is 2.95. The van der Waals surface area contributed by atoms with E-state index in [1.54, 1.807) is 22.8 Å². The molecule has 0 unspecified atom stereocenters. The number of nitrogens with one attached hydrogen (secondary N) is 1. The molecule has 0 bridgehead atoms. The highest BCUT2D eigenvalue weighted by atomic mass is 35.5. The van der Waals surface area contributed by atoms with Crippen molar-refractivity contribution in [1.29, 1.82) is 0 Å². The standard InChI is InChI=1S/C16H11Cl2N7/c17-10-6-5-9(7-11(10)18)22-15-20-8-21-16(24-15)25-13-4-2-1-3-12(13)23-14(25)19/h1-8H,(H2,19,23)(H,20,21,22,24). The molecule has 0 aliphatic rings. The number of hydrogen-bond acceptors (Lipinski definition) is 6. The molecule has 124 valence electrons. The highest BCUT2D eigenvalue weighted by molar-refractivity contribution is 6.42. The Morgan fingerprint density at radius 1 is 0.960 bits per heavy atom. The van der Waals surface area contributed by atoms with Gasteiger partial charge in [-0.25, -0.2) is 19.5 Å². The van der Waals surface area contributed by atoms with Gasteiger partial charge in [-0.1, -0.05) is 35.3 Å². The van der Waals surface area contributed by atoms with E-state index in [0.29, 0.717) is 33.6 Å². The number of rotatable bonds is 3. The van der Waals surface area contributed by atoms with Crippen molar-refractivity contribution in [2.24, 2.45) is 0 Å². The Kier molecular flexibility index (Phi) is 3.87. The lowest BCUT2D eigenvalue weighted by Crippen LogP contribution is -2.08. The van der Waals surface area contributed by atoms with Gasteiger partial charge in [0.2, 0.25) is 17.8 Å². The van der Waals surface area contributed by atoms with Crippen LogP contribution in [0, 0.1) is 0 Å². The lowest BCUT2D eigenvalue weighted by atomic mass is 10.3. The van der Waals surface area contributed by atoms with E-state index in [9.17, 15) is 0 Å². The lowest BCUT2D eigenvalue weighted by Gasteiger charge is -2.08. The monoisotopic (exact) mass is 371 g/mol. The van der Waals surface area contributed by atoms with E-state index in [0.717, 1.165) is 11.0 Å². The molecule has 0 radical (unpaired) electrons. The zero-order valence-corrected chi connectivity index (χ0v) is 14.2. The molecular formula is C16H11Cl2N7. The number of anilines is 3. The van der Waals surface area contributed by atoms with E-state index in [1.807, 2.05) is 24.3 Å². The fourth-order valence-corrected chi connectivity index (χ4v) is 2.71. The van der Waals surface area contributed by atoms with Gasteiger partial charge >= 0.3 is 0 Å². The molecule has 2 aromatic heterocycles. The van der Waals surface area contributed by atoms with Crippen LogP contribution in [-0.4, -0.2) is 24.5 Å². The molecule has 2 heterocycles. The summed E-state index contributed by atoms with van der Waals surface area (Å²) in [4.78, 5) is 17.0. The second-order valence-corrected chi connectivity index (χ2v) is 5.97. The number of fused-ring (bicyclic) bond motifs is 1. The highest BCUT2D eigenvalue weighted by Crippen LogP contribution is 2.26. The molecule has 0 aliphatic carbocycles. The van der Waals surface area contributed by atoms with Crippen molar-refractivity contribution in [3.63, 3.8) is 0 Å². The third-order valence-electron chi connectivity index (χ3n) is 3.52. The van der Waals surface area contributed by atoms with Crippen molar-refractivity contribution in [2.45, 2.75) is 0 Å². The van der Waals surface area contributed by atoms with E-state index in [4.69, 9.17) is 28.9 Å². The van der Waals surface area contributed by atoms with E-state index < -0.39 is 0 Å². The molecule has 7 nitrogen and oxygen atoms in total. The maximum absolute atomic E-state index is 6.02. The summed E-state index contributed by atoms with van der Waals surface area (Å²) < 4.78 is 1.66. The topological polar surface area (TPSA) is 94.5 Å². The smallest absolute Gasteiger partial charge is 0.241 e. The second kappa shape index (κ2) is 6.19. The molecule has 9 heteroatoms. The molecule has 0 saturated heterocycles. The second-order valence-electron chi connectivity index (χ2n) is 5.16. The van der Waals surface area contributed by atoms with Crippen molar-refractivity contribution in [3.05, 3.63) is 58.8 Å². The van der Waals surface area contributed by atoms with Gasteiger partial charge in [0.25, 0.3) is 0 Å². The largest absolute Gasteiger partial charge is 0.369 e. The van der Waals surface area contributed by atoms with Crippen molar-refractivity contribution in [1.82, 2.24) is 24.5 Å². The van der Waals surface area contributed by atoms with Gasteiger partial charge in [0.15, 0.2) is 0 Å². The molecule has 3 N–H and O–H groups in total. The number of hydrogen-bond donors (Lipinski definition) is 2. The zero-order chi connectivity index (χ0) is 17.4. The number of nitrogens with two attached hydrogens (primary N) is 1. The van der Waals surface area contributed by atoms with Crippen LogP contribution in [-0.2, 0) is 0 Å². The van der Waals surface area contributed by atoms with Crippen LogP contribution < -0.4 is 11.1 Å². The minimum Gasteiger partial charge on any atom is -0.369 e. The summed E-state index contributed by atoms with van der Waals surface area (Å²) in [5, 5.41) is 3.97. The van der Waals surface area contributed by atoms with Crippen molar-refractivity contribution < 1.29 is 0 Å². The molecule has 0 spiro atoms. The van der Waals surface area contributed by atoms with Gasteiger partial charge in [-0.15, -0.1) is 0 Å². The van der Waals surface area contributed by atoms with Gasteiger partial charge < -0.3 is 11.1 Å². The molecule has 0 atom stereocenters. The van der Waals surface area contributed by atoms with Crippen LogP contribution in [0.5, 0.6) is 0 Å². The molecule has 4 rings (SSSR count). The Labute approximate surface area is 152 Å². The Hall–Kier alpha value is -2.90. The maximum Gasteiger partial charge on any atom is 0.241 e. The van der Waals surface area contributed by atoms with Crippen molar-refractivity contribution >= 4 is 51.8 Å². The van der Waals surface area contributed by atoms with Gasteiger partial charge in [0, 0.05) is 5.69 Å². The van der Waals surface area contributed by atoms with Crippen LogP contribution in [0.25, 0.3) is 17.0 Å². The minimum absolute atomic E-state index is 0.299. The Morgan fingerprint density at radius 3 is 2.64 bits per heavy atom. The van der Waals surface area contributed by atoms with E-state index in [-0.39, 0.29) is 0 Å². The molecule has 2 aromatic carbocycles. The molecule has 25 heavy (non-hydrogen) atoms. The summed E-state index contributed by atoms with van der Waals surface area (Å²) in [7, 11) is 0. The number of para-hydroxylation sites is 2. The predicted octanol–water partition coefficient (Wildman–Crippen LogP) is 3.84. The zero-order valence-electron chi connectivity index (χ0n) is 12.7. The Balaban J connectivity index is 1.74. The SMILES string of the molecule is Nc1nc2ccccc2n1-c1ncnc(Nc2ccc(Cl)c(Cl)c2)n1. The third-order valence-corrected chi connectivity index (χ3v) is 4.26. The summed E-state index contributed by atoms with van der Waals surface area (Å²) in [6.45, 7) is 0. The van der Waals surface area contributed by atoms with Crippen molar-refractivity contribution in [2.75, 3.05) is 11.1 Å². The van der Waals surface area contributed by atoms with Crippen molar-refractivity contribution in [3.8, 4) is 5.95 Å². The average molecular weight is 372 g/mol. The van der Waals surface area contributed by atoms with E-state index >= 15 is 0 Å². The number of halogens is 2. The van der Waals surface area contributed by atoms with E-state index in [1.165, 1.54) is 6.33 Å². The van der Waals surface area contributed by atoms with Gasteiger partial charge in [0.05, 0.1) is 21.1 Å². The van der Waals surface area contributed by atoms with Gasteiger partial charge in [-0.05, 0) is 30.3 Å². The maximum atomic E-state index is 6.02. The Bertz CT molecular complexity index is 1080. The summed E-state index contributed by atoms with van der Waals surface area (Å²) in [5.41, 5.74) is 8.30. The highest BCUT2D eigenvalue weighted by Gasteiger charge is 2.13. The van der Waals surface area contributed by atoms with Crippen LogP contribution in [0.15, 0.2) is 48.8 Å². The first-order chi connectivity index (χ1) is 12.1. The van der Waals surface area contributed by atoms with Crippen LogP contribution in [0.2, 0.25) is 10.0 Å². The van der Waals surface area contributed by atoms with E-state index in [2.05, 4.69) is 25.3 Å². The summed E-state index contributed by atoms with van der Waals surface area (Å²) in [6.07, 6.45) is 1.40. The molecular weight excluding hydrogens is 361 g/mol. The number of nitrogen functional groups attached to an aromatic ring is 1. The Morgan fingerprint density at radius 2 is 1.80 bits per heavy atom. The number of benzene rings is 2. The molecule has 0 aliphatic heterocycles. The fraction of sp³-hybridized carbons (Fsp3) is 0. The fourth-order valence-electron chi connectivity index (χ4n) is 2.41. The first-order valence-corrected chi connectivity index (χ1v) is 8.02. The lowest BCUT2D eigenvalue weighted by molar-refractivity contribution is 0.926. The molecule has 0 fully saturated rings. The summed E-state index contributed by atoms with van der Waals surface area (Å²) >= 11 is 11.9. The summed E-state index contributed by atoms with van der Waals surface area (Å²) in [6, 6.07) is 12.7. The number of aromatic nitrogens is 5. The molecule has 0 saturated carbocycles. The summed E-state index contributed by atoms with van der Waals surface area (Å²) in [5.74, 6) is 1.01. The quantitative estimate of drug-likeness (QED) is 0.567. The predicted molar refractivity (Wildman–Crippen MR) is 98.6 cm³/mol. The first-order valence-electron chi connectivity index (χ1n) is 7.26. The van der Waals surface area contributed by atoms with Gasteiger partial charge in [-0.3, -0.25) is 0 Å². The van der Waals surface area contributed by atoms with Crippen LogP contribution in [0.3, 0.4) is 0 Å². The van der Waals surface area contributed by atoms with Crippen LogP contribution >= 0.6 is 23.2 Å². The average Bonchev–Trinajstić information content (AvgIpc) is 2.94. The normalized spacial score (nSPS) is 11.0. The van der Waals surface area contributed by atoms with Gasteiger partial charge in [-0.2, -0.15) is 4.98 Å². The molecule has 0 amide bonds. The molecule has 4 aromatic rings. The van der Waals surface area contributed by atoms with Crippen LogP contribution in [0.4, 0.5) is 17.6 Å². The minimum atomic E-state index is 0.299. The van der Waals surface area contributed by atoms with Crippen LogP contribution in [0.1, 0.15) is 0 Å². The number of imidazole rings is 1. The van der Waals surface area contributed by atoms with Gasteiger partial charge in [0.1, 0.15) is 6.33 Å². The first kappa shape index (κ1) is 15.6.